The minimum Gasteiger partial charge on any atom is -0.346 e. The molecule has 112 valence electrons. The minimum absolute atomic E-state index is 0.0472. The highest BCUT2D eigenvalue weighted by Crippen LogP contribution is 2.12. The Bertz CT molecular complexity index is 286. The van der Waals surface area contributed by atoms with Crippen molar-refractivity contribution in [3.8, 4) is 0 Å². The molecule has 1 aliphatic rings. The van der Waals surface area contributed by atoms with Gasteiger partial charge in [-0.05, 0) is 5.92 Å². The van der Waals surface area contributed by atoms with E-state index in [4.69, 9.17) is 0 Å². The average molecular weight is 281 g/mol. The first-order valence-corrected chi connectivity index (χ1v) is 6.54. The predicted molar refractivity (Wildman–Crippen MR) is 66.8 cm³/mol. The van der Waals surface area contributed by atoms with E-state index in [-0.39, 0.29) is 6.54 Å². The predicted octanol–water partition coefficient (Wildman–Crippen LogP) is 0.938. The Morgan fingerprint density at radius 2 is 1.68 bits per heavy atom. The zero-order chi connectivity index (χ0) is 14.5. The number of nitrogens with zero attached hydrogens (tertiary/aromatic N) is 2. The molecule has 0 aromatic heterocycles. The number of halogens is 3. The van der Waals surface area contributed by atoms with E-state index >= 15 is 0 Å². The fraction of sp³-hybridized carbons (Fsp3) is 0.917. The summed E-state index contributed by atoms with van der Waals surface area (Å²) in [7, 11) is 0. The third kappa shape index (κ3) is 7.37. The van der Waals surface area contributed by atoms with Crippen LogP contribution in [0.25, 0.3) is 0 Å². The van der Waals surface area contributed by atoms with Gasteiger partial charge in [-0.1, -0.05) is 13.8 Å². The van der Waals surface area contributed by atoms with E-state index in [1.54, 1.807) is 0 Å². The van der Waals surface area contributed by atoms with Gasteiger partial charge in [0, 0.05) is 32.7 Å². The van der Waals surface area contributed by atoms with Crippen molar-refractivity contribution in [3.63, 3.8) is 0 Å². The first-order chi connectivity index (χ1) is 8.76. The van der Waals surface area contributed by atoms with Crippen molar-refractivity contribution in [2.75, 3.05) is 45.8 Å². The molecule has 1 aliphatic heterocycles. The molecule has 0 saturated carbocycles. The fourth-order valence-electron chi connectivity index (χ4n) is 2.10. The largest absolute Gasteiger partial charge is 0.405 e. The van der Waals surface area contributed by atoms with Gasteiger partial charge in [-0.2, -0.15) is 13.2 Å². The minimum atomic E-state index is -4.34. The Hall–Kier alpha value is -0.820. The summed E-state index contributed by atoms with van der Waals surface area (Å²) in [5.74, 6) is 0.0382. The Morgan fingerprint density at radius 1 is 1.16 bits per heavy atom. The highest BCUT2D eigenvalue weighted by Gasteiger charge is 2.28. The quantitative estimate of drug-likeness (QED) is 0.814. The lowest BCUT2D eigenvalue weighted by atomic mass is 10.2. The van der Waals surface area contributed by atoms with Crippen molar-refractivity contribution in [3.05, 3.63) is 0 Å². The number of carbonyl (C=O) groups excluding carboxylic acids is 1. The van der Waals surface area contributed by atoms with Crippen molar-refractivity contribution < 1.29 is 18.0 Å². The molecular weight excluding hydrogens is 259 g/mol. The fourth-order valence-corrected chi connectivity index (χ4v) is 2.10. The van der Waals surface area contributed by atoms with Gasteiger partial charge < -0.3 is 10.2 Å². The summed E-state index contributed by atoms with van der Waals surface area (Å²) in [6.07, 6.45) is -4.34. The summed E-state index contributed by atoms with van der Waals surface area (Å²) >= 11 is 0. The standard InChI is InChI=1S/C12H22F3N3O/c1-10(2)7-17-3-5-18(6-4-17)8-11(19)16-9-12(13,14)15/h10H,3-9H2,1-2H3,(H,16,19). The van der Waals surface area contributed by atoms with Crippen molar-refractivity contribution in [1.82, 2.24) is 15.1 Å². The normalized spacial score (nSPS) is 18.8. The van der Waals surface area contributed by atoms with Crippen LogP contribution in [0.1, 0.15) is 13.8 Å². The van der Waals surface area contributed by atoms with Crippen molar-refractivity contribution in [2.45, 2.75) is 20.0 Å². The van der Waals surface area contributed by atoms with Crippen LogP contribution in [0.2, 0.25) is 0 Å². The van der Waals surface area contributed by atoms with E-state index in [0.29, 0.717) is 5.92 Å². The highest BCUT2D eigenvalue weighted by molar-refractivity contribution is 5.78. The molecule has 0 aliphatic carbocycles. The number of amides is 1. The van der Waals surface area contributed by atoms with Crippen LogP contribution in [0.4, 0.5) is 13.2 Å². The van der Waals surface area contributed by atoms with E-state index in [9.17, 15) is 18.0 Å². The molecule has 1 amide bonds. The molecule has 0 unspecified atom stereocenters. The number of piperazine rings is 1. The van der Waals surface area contributed by atoms with Gasteiger partial charge in [0.05, 0.1) is 6.54 Å². The zero-order valence-electron chi connectivity index (χ0n) is 11.5. The summed E-state index contributed by atoms with van der Waals surface area (Å²) in [4.78, 5) is 15.6. The summed E-state index contributed by atoms with van der Waals surface area (Å²) in [5.41, 5.74) is 0. The topological polar surface area (TPSA) is 35.6 Å². The maximum Gasteiger partial charge on any atom is 0.405 e. The van der Waals surface area contributed by atoms with Crippen LogP contribution in [-0.4, -0.2) is 67.7 Å². The van der Waals surface area contributed by atoms with Gasteiger partial charge in [-0.15, -0.1) is 0 Å². The molecular formula is C12H22F3N3O. The van der Waals surface area contributed by atoms with Crippen LogP contribution in [0.3, 0.4) is 0 Å². The summed E-state index contributed by atoms with van der Waals surface area (Å²) in [5, 5.41) is 1.89. The van der Waals surface area contributed by atoms with E-state index in [2.05, 4.69) is 18.7 Å². The second-order valence-corrected chi connectivity index (χ2v) is 5.36. The first kappa shape index (κ1) is 16.2. The molecule has 0 radical (unpaired) electrons. The van der Waals surface area contributed by atoms with Crippen molar-refractivity contribution >= 4 is 5.91 Å². The second-order valence-electron chi connectivity index (χ2n) is 5.36. The molecule has 19 heavy (non-hydrogen) atoms. The van der Waals surface area contributed by atoms with Crippen LogP contribution in [0.15, 0.2) is 0 Å². The van der Waals surface area contributed by atoms with Crippen LogP contribution in [0.5, 0.6) is 0 Å². The Balaban J connectivity index is 2.20. The Labute approximate surface area is 111 Å². The van der Waals surface area contributed by atoms with Gasteiger partial charge in [0.25, 0.3) is 0 Å². The van der Waals surface area contributed by atoms with Gasteiger partial charge in [0.2, 0.25) is 5.91 Å². The third-order valence-corrected chi connectivity index (χ3v) is 2.94. The van der Waals surface area contributed by atoms with Gasteiger partial charge in [-0.3, -0.25) is 9.69 Å². The van der Waals surface area contributed by atoms with Crippen LogP contribution in [0, 0.1) is 5.92 Å². The third-order valence-electron chi connectivity index (χ3n) is 2.94. The first-order valence-electron chi connectivity index (χ1n) is 6.54. The molecule has 0 aromatic carbocycles. The van der Waals surface area contributed by atoms with Gasteiger partial charge in [-0.25, -0.2) is 0 Å². The smallest absolute Gasteiger partial charge is 0.346 e. The lowest BCUT2D eigenvalue weighted by Gasteiger charge is -2.35. The van der Waals surface area contributed by atoms with Crippen LogP contribution in [-0.2, 0) is 4.79 Å². The molecule has 4 nitrogen and oxygen atoms in total. The lowest BCUT2D eigenvalue weighted by molar-refractivity contribution is -0.139. The number of nitrogens with one attached hydrogen (secondary N) is 1. The van der Waals surface area contributed by atoms with E-state index in [1.807, 2.05) is 10.2 Å². The average Bonchev–Trinajstić information content (AvgIpc) is 2.28. The zero-order valence-corrected chi connectivity index (χ0v) is 11.5. The van der Waals surface area contributed by atoms with Crippen LogP contribution >= 0.6 is 0 Å². The lowest BCUT2D eigenvalue weighted by Crippen LogP contribution is -2.50. The molecule has 1 fully saturated rings. The molecule has 1 saturated heterocycles. The van der Waals surface area contributed by atoms with Gasteiger partial charge >= 0.3 is 6.18 Å². The summed E-state index contributed by atoms with van der Waals surface area (Å²) < 4.78 is 35.8. The maximum atomic E-state index is 11.9. The number of carbonyl (C=O) groups is 1. The van der Waals surface area contributed by atoms with Crippen molar-refractivity contribution in [1.29, 1.82) is 0 Å². The summed E-state index contributed by atoms with van der Waals surface area (Å²) in [6, 6.07) is 0. The van der Waals surface area contributed by atoms with Gasteiger partial charge in [0.15, 0.2) is 0 Å². The number of rotatable bonds is 5. The SMILES string of the molecule is CC(C)CN1CCN(CC(=O)NCC(F)(F)F)CC1. The highest BCUT2D eigenvalue weighted by atomic mass is 19.4. The number of hydrogen-bond donors (Lipinski definition) is 1. The van der Waals surface area contributed by atoms with Crippen LogP contribution < -0.4 is 5.32 Å². The van der Waals surface area contributed by atoms with Gasteiger partial charge in [0.1, 0.15) is 6.54 Å². The number of alkyl halides is 3. The van der Waals surface area contributed by atoms with Crippen molar-refractivity contribution in [2.24, 2.45) is 5.92 Å². The second kappa shape index (κ2) is 7.09. The molecule has 0 atom stereocenters. The monoisotopic (exact) mass is 281 g/mol. The van der Waals surface area contributed by atoms with E-state index < -0.39 is 18.6 Å². The summed E-state index contributed by atoms with van der Waals surface area (Å²) in [6.45, 7) is 7.31. The number of hydrogen-bond acceptors (Lipinski definition) is 3. The Morgan fingerprint density at radius 3 is 2.16 bits per heavy atom. The molecule has 7 heteroatoms. The molecule has 1 N–H and O–H groups in total. The molecule has 0 spiro atoms. The Kier molecular flexibility index (Phi) is 6.06. The molecule has 0 aromatic rings. The molecule has 0 bridgehead atoms. The van der Waals surface area contributed by atoms with E-state index in [0.717, 1.165) is 32.7 Å². The maximum absolute atomic E-state index is 11.9. The van der Waals surface area contributed by atoms with E-state index in [1.165, 1.54) is 0 Å². The molecule has 1 heterocycles. The molecule has 1 rings (SSSR count).